The highest BCUT2D eigenvalue weighted by Crippen LogP contribution is 2.44. The maximum atomic E-state index is 5.48. The monoisotopic (exact) mass is 867 g/mol. The van der Waals surface area contributed by atoms with Gasteiger partial charge in [0.25, 0.3) is 0 Å². The van der Waals surface area contributed by atoms with Crippen LogP contribution in [0.25, 0.3) is 123 Å². The molecule has 0 N–H and O–H groups in total. The first-order chi connectivity index (χ1) is 33.7. The predicted molar refractivity (Wildman–Crippen MR) is 281 cm³/mol. The van der Waals surface area contributed by atoms with Crippen LogP contribution in [0.5, 0.6) is 0 Å². The second-order valence-corrected chi connectivity index (χ2v) is 17.2. The van der Waals surface area contributed by atoms with Gasteiger partial charge < -0.3 is 9.13 Å². The first kappa shape index (κ1) is 39.2. The minimum atomic E-state index is 0.635. The average Bonchev–Trinajstić information content (AvgIpc) is 3.94. The van der Waals surface area contributed by atoms with E-state index >= 15 is 0 Å². The molecule has 13 rings (SSSR count). The summed E-state index contributed by atoms with van der Waals surface area (Å²) >= 11 is 0. The minimum Gasteiger partial charge on any atom is -0.309 e. The van der Waals surface area contributed by atoms with Crippen molar-refractivity contribution in [3.8, 4) is 78.9 Å². The topological polar surface area (TPSA) is 48.5 Å². The zero-order valence-electron chi connectivity index (χ0n) is 36.9. The van der Waals surface area contributed by atoms with Crippen LogP contribution in [0.1, 0.15) is 0 Å². The summed E-state index contributed by atoms with van der Waals surface area (Å²) in [4.78, 5) is 16.2. The van der Waals surface area contributed by atoms with Gasteiger partial charge in [0.2, 0.25) is 0 Å². The van der Waals surface area contributed by atoms with E-state index in [0.717, 1.165) is 89.6 Å². The highest BCUT2D eigenvalue weighted by atomic mass is 15.0. The van der Waals surface area contributed by atoms with Crippen LogP contribution in [0.2, 0.25) is 0 Å². The standard InChI is InChI=1S/C63H41N5/c1-6-20-42(21-7-1)52-39-47(40-53(64-52)43-22-8-2-9-23-43)46-34-35-58(51(38-46)63-65-54(44-24-10-3-11-25-44)41-55(66-63)45-26-12-4-13-27-45)68-57-33-19-17-31-50(57)62-60(68)37-36-59-61(62)49-30-16-18-32-56(49)67(59)48-28-14-5-15-29-48/h1-41H. The lowest BCUT2D eigenvalue weighted by molar-refractivity contribution is 1.14. The molecule has 318 valence electrons. The molecule has 9 aromatic carbocycles. The van der Waals surface area contributed by atoms with Crippen molar-refractivity contribution in [3.63, 3.8) is 0 Å². The molecule has 0 saturated carbocycles. The van der Waals surface area contributed by atoms with Gasteiger partial charge in [-0.05, 0) is 77.9 Å². The zero-order chi connectivity index (χ0) is 45.0. The number of hydrogen-bond acceptors (Lipinski definition) is 3. The number of rotatable bonds is 8. The van der Waals surface area contributed by atoms with Gasteiger partial charge in [-0.25, -0.2) is 15.0 Å². The quantitative estimate of drug-likeness (QED) is 0.153. The summed E-state index contributed by atoms with van der Waals surface area (Å²) < 4.78 is 4.82. The van der Waals surface area contributed by atoms with Gasteiger partial charge in [0.05, 0.1) is 50.5 Å². The van der Waals surface area contributed by atoms with Crippen LogP contribution in [0.4, 0.5) is 0 Å². The molecule has 0 aliphatic heterocycles. The Morgan fingerprint density at radius 2 is 0.676 bits per heavy atom. The van der Waals surface area contributed by atoms with Crippen LogP contribution >= 0.6 is 0 Å². The second-order valence-electron chi connectivity index (χ2n) is 17.2. The summed E-state index contributed by atoms with van der Waals surface area (Å²) in [6.45, 7) is 0. The zero-order valence-corrected chi connectivity index (χ0v) is 36.9. The molecule has 4 heterocycles. The van der Waals surface area contributed by atoms with E-state index in [9.17, 15) is 0 Å². The molecule has 0 aliphatic carbocycles. The van der Waals surface area contributed by atoms with Crippen LogP contribution in [-0.4, -0.2) is 24.1 Å². The lowest BCUT2D eigenvalue weighted by Gasteiger charge is -2.17. The SMILES string of the molecule is c1ccc(-c2cc(-c3ccc(-n4c5ccccc5c5c6c7ccccc7n(-c7ccccc7)c6ccc54)c(-c4nc(-c5ccccc5)cc(-c5ccccc5)n4)c3)cc(-c3ccccc3)n2)cc1. The van der Waals surface area contributed by atoms with E-state index in [1.165, 1.54) is 27.1 Å². The number of pyridine rings is 1. The van der Waals surface area contributed by atoms with Gasteiger partial charge >= 0.3 is 0 Å². The van der Waals surface area contributed by atoms with Crippen molar-refractivity contribution in [2.24, 2.45) is 0 Å². The summed E-state index contributed by atoms with van der Waals surface area (Å²) in [5, 5.41) is 4.82. The second kappa shape index (κ2) is 16.4. The Morgan fingerprint density at radius 1 is 0.265 bits per heavy atom. The summed E-state index contributed by atoms with van der Waals surface area (Å²) in [5.41, 5.74) is 17.3. The molecular formula is C63H41N5. The first-order valence-electron chi connectivity index (χ1n) is 23.0. The molecular weight excluding hydrogens is 827 g/mol. The number of fused-ring (bicyclic) bond motifs is 7. The predicted octanol–water partition coefficient (Wildman–Crippen LogP) is 16.1. The third-order valence-electron chi connectivity index (χ3n) is 13.1. The van der Waals surface area contributed by atoms with Crippen molar-refractivity contribution in [3.05, 3.63) is 249 Å². The fourth-order valence-corrected chi connectivity index (χ4v) is 10.0. The van der Waals surface area contributed by atoms with Gasteiger partial charge in [0, 0.05) is 55.0 Å². The van der Waals surface area contributed by atoms with Crippen molar-refractivity contribution in [2.75, 3.05) is 0 Å². The Hall–Kier alpha value is -9.19. The Labute approximate surface area is 393 Å². The number of aromatic nitrogens is 5. The molecule has 0 aliphatic rings. The molecule has 4 aromatic heterocycles. The molecule has 68 heavy (non-hydrogen) atoms. The van der Waals surface area contributed by atoms with Gasteiger partial charge in [-0.2, -0.15) is 0 Å². The lowest BCUT2D eigenvalue weighted by Crippen LogP contribution is -2.02. The van der Waals surface area contributed by atoms with Crippen LogP contribution in [0.15, 0.2) is 249 Å². The summed E-state index contributed by atoms with van der Waals surface area (Å²) in [5.74, 6) is 0.635. The Morgan fingerprint density at radius 3 is 1.18 bits per heavy atom. The van der Waals surface area contributed by atoms with E-state index < -0.39 is 0 Å². The smallest absolute Gasteiger partial charge is 0.162 e. The fraction of sp³-hybridized carbons (Fsp3) is 0. The van der Waals surface area contributed by atoms with Crippen molar-refractivity contribution in [2.45, 2.75) is 0 Å². The molecule has 0 amide bonds. The first-order valence-corrected chi connectivity index (χ1v) is 23.0. The fourth-order valence-electron chi connectivity index (χ4n) is 10.0. The van der Waals surface area contributed by atoms with Crippen LogP contribution in [0.3, 0.4) is 0 Å². The van der Waals surface area contributed by atoms with Gasteiger partial charge in [0.15, 0.2) is 5.82 Å². The third kappa shape index (κ3) is 6.68. The van der Waals surface area contributed by atoms with E-state index in [2.05, 4.69) is 234 Å². The largest absolute Gasteiger partial charge is 0.309 e. The lowest BCUT2D eigenvalue weighted by atomic mass is 9.97. The van der Waals surface area contributed by atoms with Gasteiger partial charge in [-0.15, -0.1) is 0 Å². The third-order valence-corrected chi connectivity index (χ3v) is 13.1. The number of nitrogens with zero attached hydrogens (tertiary/aromatic N) is 5. The van der Waals surface area contributed by atoms with Crippen molar-refractivity contribution in [1.29, 1.82) is 0 Å². The van der Waals surface area contributed by atoms with E-state index in [-0.39, 0.29) is 0 Å². The molecule has 13 aromatic rings. The van der Waals surface area contributed by atoms with E-state index in [4.69, 9.17) is 15.0 Å². The average molecular weight is 868 g/mol. The van der Waals surface area contributed by atoms with E-state index in [1.54, 1.807) is 0 Å². The normalized spacial score (nSPS) is 11.5. The molecule has 0 atom stereocenters. The highest BCUT2D eigenvalue weighted by Gasteiger charge is 2.24. The summed E-state index contributed by atoms with van der Waals surface area (Å²) in [6.07, 6.45) is 0. The molecule has 0 saturated heterocycles. The maximum absolute atomic E-state index is 5.48. The van der Waals surface area contributed by atoms with Crippen LogP contribution in [0, 0.1) is 0 Å². The number of para-hydroxylation sites is 3. The van der Waals surface area contributed by atoms with E-state index in [1.807, 2.05) is 24.3 Å². The molecule has 0 unspecified atom stereocenters. The Bertz CT molecular complexity index is 3880. The number of benzene rings is 9. The van der Waals surface area contributed by atoms with Crippen LogP contribution < -0.4 is 0 Å². The molecule has 5 heteroatoms. The maximum Gasteiger partial charge on any atom is 0.162 e. The highest BCUT2D eigenvalue weighted by molar-refractivity contribution is 6.29. The minimum absolute atomic E-state index is 0.635. The van der Waals surface area contributed by atoms with Crippen molar-refractivity contribution < 1.29 is 0 Å². The Balaban J connectivity index is 1.12. The molecule has 0 fully saturated rings. The Kier molecular flexibility index (Phi) is 9.43. The van der Waals surface area contributed by atoms with Crippen LogP contribution in [-0.2, 0) is 0 Å². The van der Waals surface area contributed by atoms with Gasteiger partial charge in [0.1, 0.15) is 0 Å². The number of hydrogen-bond donors (Lipinski definition) is 0. The molecule has 0 radical (unpaired) electrons. The summed E-state index contributed by atoms with van der Waals surface area (Å²) in [7, 11) is 0. The molecule has 0 spiro atoms. The van der Waals surface area contributed by atoms with Gasteiger partial charge in [-0.1, -0.05) is 182 Å². The van der Waals surface area contributed by atoms with E-state index in [0.29, 0.717) is 5.82 Å². The molecule has 5 nitrogen and oxygen atoms in total. The molecule has 0 bridgehead atoms. The summed E-state index contributed by atoms with van der Waals surface area (Å²) in [6, 6.07) is 87.9. The van der Waals surface area contributed by atoms with Crippen molar-refractivity contribution >= 4 is 43.6 Å². The van der Waals surface area contributed by atoms with Crippen molar-refractivity contribution in [1.82, 2.24) is 24.1 Å². The van der Waals surface area contributed by atoms with Gasteiger partial charge in [-0.3, -0.25) is 0 Å².